The number of rotatable bonds is 10. The van der Waals surface area contributed by atoms with Crippen LogP contribution in [-0.4, -0.2) is 61.0 Å². The Hall–Kier alpha value is -3.66. The first-order valence-corrected chi connectivity index (χ1v) is 14.7. The monoisotopic (exact) mass is 565 g/mol. The smallest absolute Gasteiger partial charge is 0.358 e. The maximum Gasteiger partial charge on any atom is 0.358 e. The number of nitrogens with two attached hydrogens (primary N) is 1. The molecule has 10 heteroatoms. The van der Waals surface area contributed by atoms with Gasteiger partial charge in [-0.05, 0) is 50.7 Å². The molecule has 1 fully saturated rings. The van der Waals surface area contributed by atoms with E-state index in [2.05, 4.69) is 4.98 Å². The van der Waals surface area contributed by atoms with E-state index in [1.54, 1.807) is 4.90 Å². The van der Waals surface area contributed by atoms with E-state index in [-0.39, 0.29) is 35.7 Å². The first-order chi connectivity index (χ1) is 19.5. The van der Waals surface area contributed by atoms with Crippen LogP contribution in [0.1, 0.15) is 93.0 Å². The third kappa shape index (κ3) is 6.48. The minimum Gasteiger partial charge on any atom is -0.476 e. The van der Waals surface area contributed by atoms with Gasteiger partial charge in [0.2, 0.25) is 11.8 Å². The molecular formula is C31H43N5O5. The summed E-state index contributed by atoms with van der Waals surface area (Å²) in [6.45, 7) is 7.82. The zero-order valence-electron chi connectivity index (χ0n) is 24.8. The number of benzene rings is 1. The second-order valence-corrected chi connectivity index (χ2v) is 11.6. The number of para-hydroxylation sites is 1. The Bertz CT molecular complexity index is 1390. The number of aromatic nitrogens is 2. The molecule has 0 radical (unpaired) electrons. The molecule has 3 N–H and O–H groups in total. The average Bonchev–Trinajstić information content (AvgIpc) is 3.48. The molecule has 1 aliphatic carbocycles. The van der Waals surface area contributed by atoms with Crippen molar-refractivity contribution in [3.8, 4) is 0 Å². The van der Waals surface area contributed by atoms with Crippen molar-refractivity contribution in [1.29, 1.82) is 0 Å². The highest BCUT2D eigenvalue weighted by atomic mass is 16.4. The fourth-order valence-electron chi connectivity index (χ4n) is 6.09. The van der Waals surface area contributed by atoms with Crippen LogP contribution in [0.15, 0.2) is 34.9 Å². The third-order valence-corrected chi connectivity index (χ3v) is 8.09. The number of hydrogen-bond donors (Lipinski definition) is 2. The summed E-state index contributed by atoms with van der Waals surface area (Å²) >= 11 is 0. The van der Waals surface area contributed by atoms with Gasteiger partial charge in [0.1, 0.15) is 11.8 Å². The van der Waals surface area contributed by atoms with E-state index in [1.807, 2.05) is 62.8 Å². The number of carbonyl (C=O) groups is 3. The molecule has 2 aromatic heterocycles. The Balaban J connectivity index is 1.87. The number of aryl methyl sites for hydroxylation is 2. The van der Waals surface area contributed by atoms with Crippen molar-refractivity contribution in [2.24, 2.45) is 18.7 Å². The molecule has 0 spiro atoms. The molecule has 3 amide bonds. The molecule has 2 heterocycles. The van der Waals surface area contributed by atoms with Crippen LogP contribution in [0.2, 0.25) is 0 Å². The fourth-order valence-corrected chi connectivity index (χ4v) is 6.09. The van der Waals surface area contributed by atoms with Crippen molar-refractivity contribution >= 4 is 28.8 Å². The maximum absolute atomic E-state index is 14.5. The SMILES string of the molecule is CCN(C(=O)N(C(=O)[C@@H](N)CC(C)C)[C@H](Cc1cn(C)c2ccccc12)c1nc(C(=O)O)c(C)o1)C1CCCCC1. The van der Waals surface area contributed by atoms with E-state index < -0.39 is 30.0 Å². The molecule has 222 valence electrons. The Morgan fingerprint density at radius 1 is 1.17 bits per heavy atom. The Morgan fingerprint density at radius 3 is 2.46 bits per heavy atom. The van der Waals surface area contributed by atoms with Crippen LogP contribution in [0.5, 0.6) is 0 Å². The summed E-state index contributed by atoms with van der Waals surface area (Å²) in [6.07, 6.45) is 7.46. The normalized spacial score (nSPS) is 15.7. The van der Waals surface area contributed by atoms with Crippen molar-refractivity contribution in [3.05, 3.63) is 53.4 Å². The van der Waals surface area contributed by atoms with Gasteiger partial charge in [-0.2, -0.15) is 0 Å². The van der Waals surface area contributed by atoms with Gasteiger partial charge in [0.05, 0.1) is 6.04 Å². The lowest BCUT2D eigenvalue weighted by Crippen LogP contribution is -2.56. The Morgan fingerprint density at radius 2 is 1.85 bits per heavy atom. The average molecular weight is 566 g/mol. The molecule has 0 saturated heterocycles. The van der Waals surface area contributed by atoms with Gasteiger partial charge < -0.3 is 24.7 Å². The van der Waals surface area contributed by atoms with Crippen LogP contribution in [0, 0.1) is 12.8 Å². The number of nitrogens with zero attached hydrogens (tertiary/aromatic N) is 4. The van der Waals surface area contributed by atoms with Crippen LogP contribution < -0.4 is 5.73 Å². The lowest BCUT2D eigenvalue weighted by atomic mass is 9.94. The van der Waals surface area contributed by atoms with Gasteiger partial charge in [0.15, 0.2) is 5.69 Å². The number of amides is 3. The number of urea groups is 1. The summed E-state index contributed by atoms with van der Waals surface area (Å²) < 4.78 is 7.92. The first-order valence-electron chi connectivity index (χ1n) is 14.7. The van der Waals surface area contributed by atoms with Crippen LogP contribution in [0.25, 0.3) is 10.9 Å². The van der Waals surface area contributed by atoms with Crippen LogP contribution in [-0.2, 0) is 18.3 Å². The minimum absolute atomic E-state index is 0.00554. The number of carboxylic acids is 1. The van der Waals surface area contributed by atoms with E-state index in [1.165, 1.54) is 11.8 Å². The highest BCUT2D eigenvalue weighted by Crippen LogP contribution is 2.33. The molecule has 0 bridgehead atoms. The van der Waals surface area contributed by atoms with E-state index in [0.717, 1.165) is 48.6 Å². The number of fused-ring (bicyclic) bond motifs is 1. The number of carbonyl (C=O) groups excluding carboxylic acids is 2. The number of carboxylic acid groups (broad SMARTS) is 1. The number of aromatic carboxylic acids is 1. The predicted molar refractivity (Wildman–Crippen MR) is 156 cm³/mol. The van der Waals surface area contributed by atoms with E-state index in [4.69, 9.17) is 10.2 Å². The molecule has 41 heavy (non-hydrogen) atoms. The van der Waals surface area contributed by atoms with Gasteiger partial charge >= 0.3 is 12.0 Å². The summed E-state index contributed by atoms with van der Waals surface area (Å²) in [5, 5.41) is 10.7. The molecule has 0 unspecified atom stereocenters. The summed E-state index contributed by atoms with van der Waals surface area (Å²) in [6, 6.07) is 5.53. The molecule has 4 rings (SSSR count). The van der Waals surface area contributed by atoms with Gasteiger partial charge in [-0.3, -0.25) is 4.79 Å². The van der Waals surface area contributed by atoms with Crippen molar-refractivity contribution in [1.82, 2.24) is 19.4 Å². The highest BCUT2D eigenvalue weighted by Gasteiger charge is 2.41. The molecule has 1 aliphatic rings. The molecule has 2 atom stereocenters. The van der Waals surface area contributed by atoms with E-state index >= 15 is 0 Å². The van der Waals surface area contributed by atoms with Crippen molar-refractivity contribution in [3.63, 3.8) is 0 Å². The third-order valence-electron chi connectivity index (χ3n) is 8.09. The topological polar surface area (TPSA) is 135 Å². The van der Waals surface area contributed by atoms with E-state index in [9.17, 15) is 19.5 Å². The summed E-state index contributed by atoms with van der Waals surface area (Å²) in [5.74, 6) is -1.51. The summed E-state index contributed by atoms with van der Waals surface area (Å²) in [7, 11) is 1.94. The van der Waals surface area contributed by atoms with E-state index in [0.29, 0.717) is 13.0 Å². The van der Waals surface area contributed by atoms with Gasteiger partial charge in [-0.25, -0.2) is 19.5 Å². The van der Waals surface area contributed by atoms with Crippen LogP contribution in [0.4, 0.5) is 4.79 Å². The zero-order valence-corrected chi connectivity index (χ0v) is 24.8. The van der Waals surface area contributed by atoms with Crippen LogP contribution >= 0.6 is 0 Å². The fraction of sp³-hybridized carbons (Fsp3) is 0.548. The predicted octanol–water partition coefficient (Wildman–Crippen LogP) is 5.43. The lowest BCUT2D eigenvalue weighted by molar-refractivity contribution is -0.133. The van der Waals surface area contributed by atoms with Crippen molar-refractivity contribution in [2.45, 2.75) is 90.8 Å². The molecule has 1 saturated carbocycles. The number of imide groups is 1. The minimum atomic E-state index is -1.24. The first kappa shape index (κ1) is 30.3. The quantitative estimate of drug-likeness (QED) is 0.334. The van der Waals surface area contributed by atoms with Crippen molar-refractivity contribution in [2.75, 3.05) is 6.54 Å². The second-order valence-electron chi connectivity index (χ2n) is 11.6. The number of hydrogen-bond acceptors (Lipinski definition) is 6. The maximum atomic E-state index is 14.5. The molecule has 3 aromatic rings. The van der Waals surface area contributed by atoms with Gasteiger partial charge in [0, 0.05) is 43.2 Å². The molecule has 10 nitrogen and oxygen atoms in total. The second kappa shape index (κ2) is 12.9. The summed E-state index contributed by atoms with van der Waals surface area (Å²) in [4.78, 5) is 47.9. The molecule has 0 aliphatic heterocycles. The molecule has 1 aromatic carbocycles. The van der Waals surface area contributed by atoms with Crippen molar-refractivity contribution < 1.29 is 23.9 Å². The highest BCUT2D eigenvalue weighted by molar-refractivity contribution is 5.98. The number of oxazole rings is 1. The van der Waals surface area contributed by atoms with Gasteiger partial charge in [-0.15, -0.1) is 0 Å². The lowest BCUT2D eigenvalue weighted by Gasteiger charge is -2.39. The summed E-state index contributed by atoms with van der Waals surface area (Å²) in [5.41, 5.74) is 8.09. The van der Waals surface area contributed by atoms with Gasteiger partial charge in [-0.1, -0.05) is 51.3 Å². The largest absolute Gasteiger partial charge is 0.476 e. The Labute approximate surface area is 241 Å². The standard InChI is InChI=1S/C31H43N5O5/c1-6-35(22-12-8-7-9-13-22)31(40)36(29(37)24(32)16-19(2)3)26(28-33-27(30(38)39)20(4)41-28)17-21-18-34(5)25-15-11-10-14-23(21)25/h10-11,14-15,18-19,22,24,26H,6-9,12-13,16-17,32H2,1-5H3,(H,38,39)/t24-,26+/m0/s1. The molecular weight excluding hydrogens is 522 g/mol. The van der Waals surface area contributed by atoms with Gasteiger partial charge in [0.25, 0.3) is 0 Å². The Kier molecular flexibility index (Phi) is 9.53. The zero-order chi connectivity index (χ0) is 29.8. The van der Waals surface area contributed by atoms with Crippen LogP contribution in [0.3, 0.4) is 0 Å².